The van der Waals surface area contributed by atoms with E-state index in [0.717, 1.165) is 11.3 Å². The molecule has 0 radical (unpaired) electrons. The van der Waals surface area contributed by atoms with E-state index in [-0.39, 0.29) is 12.5 Å². The Morgan fingerprint density at radius 2 is 1.86 bits per heavy atom. The van der Waals surface area contributed by atoms with Gasteiger partial charge < -0.3 is 15.4 Å². The van der Waals surface area contributed by atoms with Gasteiger partial charge in [0.25, 0.3) is 0 Å². The number of carbonyl (C=O) groups excluding carboxylic acids is 2. The third kappa shape index (κ3) is 8.33. The van der Waals surface area contributed by atoms with Crippen molar-refractivity contribution in [1.82, 2.24) is 20.4 Å². The molecule has 0 fully saturated rings. The predicted molar refractivity (Wildman–Crippen MR) is 112 cm³/mol. The van der Waals surface area contributed by atoms with Crippen LogP contribution in [0, 0.1) is 12.8 Å². The van der Waals surface area contributed by atoms with Gasteiger partial charge in [0.2, 0.25) is 5.91 Å². The fourth-order valence-corrected chi connectivity index (χ4v) is 2.72. The number of rotatable bonds is 7. The van der Waals surface area contributed by atoms with Gasteiger partial charge in [0.15, 0.2) is 0 Å². The number of halogens is 1. The van der Waals surface area contributed by atoms with Crippen LogP contribution < -0.4 is 10.6 Å². The average Bonchev–Trinajstić information content (AvgIpc) is 2.75. The van der Waals surface area contributed by atoms with Crippen molar-refractivity contribution in [3.63, 3.8) is 0 Å². The van der Waals surface area contributed by atoms with Crippen molar-refractivity contribution in [2.75, 3.05) is 6.54 Å². The van der Waals surface area contributed by atoms with E-state index < -0.39 is 17.2 Å². The molecule has 0 aromatic carbocycles. The van der Waals surface area contributed by atoms with Gasteiger partial charge in [-0.25, -0.2) is 4.79 Å². The van der Waals surface area contributed by atoms with Gasteiger partial charge in [0.1, 0.15) is 10.8 Å². The molecule has 1 aromatic heterocycles. The molecular weight excluding hydrogens is 380 g/mol. The molecule has 0 spiro atoms. The lowest BCUT2D eigenvalue weighted by Crippen LogP contribution is -2.51. The number of hydrogen-bond donors (Lipinski definition) is 2. The highest BCUT2D eigenvalue weighted by Crippen LogP contribution is 2.22. The number of aryl methyl sites for hydroxylation is 1. The molecule has 158 valence electrons. The summed E-state index contributed by atoms with van der Waals surface area (Å²) in [5.41, 5.74) is 0.263. The zero-order chi connectivity index (χ0) is 21.7. The highest BCUT2D eigenvalue weighted by Gasteiger charge is 2.23. The number of amides is 2. The van der Waals surface area contributed by atoms with Crippen LogP contribution in [-0.2, 0) is 16.1 Å². The van der Waals surface area contributed by atoms with Gasteiger partial charge in [-0.05, 0) is 53.5 Å². The first-order valence-corrected chi connectivity index (χ1v) is 9.78. The van der Waals surface area contributed by atoms with Crippen molar-refractivity contribution in [3.05, 3.63) is 22.5 Å². The predicted octanol–water partition coefficient (Wildman–Crippen LogP) is 3.93. The molecule has 1 heterocycles. The molecule has 1 rings (SSSR count). The van der Waals surface area contributed by atoms with Crippen LogP contribution in [0.5, 0.6) is 0 Å². The zero-order valence-electron chi connectivity index (χ0n) is 18.1. The van der Waals surface area contributed by atoms with Crippen molar-refractivity contribution in [2.24, 2.45) is 5.92 Å². The van der Waals surface area contributed by atoms with Gasteiger partial charge in [-0.1, -0.05) is 25.4 Å². The van der Waals surface area contributed by atoms with E-state index >= 15 is 0 Å². The largest absolute Gasteiger partial charge is 0.444 e. The lowest BCUT2D eigenvalue weighted by molar-refractivity contribution is -0.117. The Morgan fingerprint density at radius 1 is 1.25 bits per heavy atom. The van der Waals surface area contributed by atoms with Crippen LogP contribution in [0.15, 0.2) is 6.08 Å². The Hall–Kier alpha value is -2.02. The second kappa shape index (κ2) is 9.45. The molecule has 0 saturated heterocycles. The molecule has 8 heteroatoms. The van der Waals surface area contributed by atoms with Crippen LogP contribution in [0.4, 0.5) is 4.79 Å². The second-order valence-corrected chi connectivity index (χ2v) is 9.29. The molecule has 7 nitrogen and oxygen atoms in total. The Kier molecular flexibility index (Phi) is 8.11. The molecule has 1 aromatic rings. The van der Waals surface area contributed by atoms with E-state index in [1.54, 1.807) is 31.5 Å². The van der Waals surface area contributed by atoms with Gasteiger partial charge in [0.05, 0.1) is 11.2 Å². The molecule has 0 unspecified atom stereocenters. The van der Waals surface area contributed by atoms with E-state index in [1.165, 1.54) is 6.08 Å². The molecule has 0 bridgehead atoms. The lowest BCUT2D eigenvalue weighted by Gasteiger charge is -2.27. The summed E-state index contributed by atoms with van der Waals surface area (Å²) in [7, 11) is 0. The number of nitrogens with zero attached hydrogens (tertiary/aromatic N) is 2. The summed E-state index contributed by atoms with van der Waals surface area (Å²) in [5, 5.41) is 10.5. The van der Waals surface area contributed by atoms with Crippen molar-refractivity contribution in [1.29, 1.82) is 0 Å². The SMILES string of the molecule is Cc1nn(CC(C)C)c(Cl)c1C=CC(=O)NC(C)(C)CNC(=O)OC(C)(C)C. The van der Waals surface area contributed by atoms with Crippen LogP contribution >= 0.6 is 11.6 Å². The molecule has 2 amide bonds. The molecule has 28 heavy (non-hydrogen) atoms. The maximum absolute atomic E-state index is 12.3. The standard InChI is InChI=1S/C20H33ClN4O3/c1-13(2)11-25-17(21)15(14(3)24-25)9-10-16(26)23-20(7,8)12-22-18(27)28-19(4,5)6/h9-10,13H,11-12H2,1-8H3,(H,22,27)(H,23,26). The molecule has 0 aliphatic carbocycles. The van der Waals surface area contributed by atoms with Gasteiger partial charge in [-0.2, -0.15) is 5.10 Å². The maximum atomic E-state index is 12.3. The molecular formula is C20H33ClN4O3. The lowest BCUT2D eigenvalue weighted by atomic mass is 10.1. The van der Waals surface area contributed by atoms with Crippen molar-refractivity contribution < 1.29 is 14.3 Å². The van der Waals surface area contributed by atoms with E-state index in [4.69, 9.17) is 16.3 Å². The fourth-order valence-electron chi connectivity index (χ4n) is 2.41. The van der Waals surface area contributed by atoms with Gasteiger partial charge in [0, 0.05) is 24.7 Å². The monoisotopic (exact) mass is 412 g/mol. The molecule has 0 aliphatic rings. The van der Waals surface area contributed by atoms with Gasteiger partial charge in [-0.3, -0.25) is 9.48 Å². The summed E-state index contributed by atoms with van der Waals surface area (Å²) < 4.78 is 6.94. The first kappa shape index (κ1) is 24.0. The number of carbonyl (C=O) groups is 2. The first-order chi connectivity index (χ1) is 12.7. The smallest absolute Gasteiger partial charge is 0.407 e. The highest BCUT2D eigenvalue weighted by molar-refractivity contribution is 6.31. The number of aromatic nitrogens is 2. The number of ether oxygens (including phenoxy) is 1. The first-order valence-electron chi connectivity index (χ1n) is 9.40. The number of nitrogens with one attached hydrogen (secondary N) is 2. The second-order valence-electron chi connectivity index (χ2n) is 8.93. The summed E-state index contributed by atoms with van der Waals surface area (Å²) in [6, 6.07) is 0. The van der Waals surface area contributed by atoms with E-state index in [0.29, 0.717) is 17.6 Å². The van der Waals surface area contributed by atoms with E-state index in [9.17, 15) is 9.59 Å². The minimum atomic E-state index is -0.654. The topological polar surface area (TPSA) is 85.3 Å². The summed E-state index contributed by atoms with van der Waals surface area (Å²) in [4.78, 5) is 24.1. The Labute approximate surface area is 172 Å². The Balaban J connectivity index is 2.68. The number of hydrogen-bond acceptors (Lipinski definition) is 4. The quantitative estimate of drug-likeness (QED) is 0.664. The average molecular weight is 413 g/mol. The van der Waals surface area contributed by atoms with E-state index in [2.05, 4.69) is 29.6 Å². The summed E-state index contributed by atoms with van der Waals surface area (Å²) in [6.07, 6.45) is 2.56. The zero-order valence-corrected chi connectivity index (χ0v) is 18.9. The summed E-state index contributed by atoms with van der Waals surface area (Å²) in [5.74, 6) is 0.123. The summed E-state index contributed by atoms with van der Waals surface area (Å²) in [6.45, 7) is 16.0. The van der Waals surface area contributed by atoms with Crippen LogP contribution in [0.1, 0.15) is 59.7 Å². The minimum Gasteiger partial charge on any atom is -0.444 e. The third-order valence-corrected chi connectivity index (χ3v) is 3.98. The Bertz CT molecular complexity index is 731. The van der Waals surface area contributed by atoms with Crippen molar-refractivity contribution >= 4 is 29.7 Å². The molecule has 0 aliphatic heterocycles. The third-order valence-electron chi connectivity index (χ3n) is 3.58. The fraction of sp³-hybridized carbons (Fsp3) is 0.650. The van der Waals surface area contributed by atoms with Crippen molar-refractivity contribution in [2.45, 2.75) is 73.1 Å². The molecule has 0 saturated carbocycles. The maximum Gasteiger partial charge on any atom is 0.407 e. The summed E-state index contributed by atoms with van der Waals surface area (Å²) >= 11 is 6.38. The van der Waals surface area contributed by atoms with Crippen molar-refractivity contribution in [3.8, 4) is 0 Å². The number of alkyl carbamates (subject to hydrolysis) is 1. The van der Waals surface area contributed by atoms with Crippen LogP contribution in [-0.4, -0.2) is 39.5 Å². The van der Waals surface area contributed by atoms with Crippen LogP contribution in [0.2, 0.25) is 5.15 Å². The normalized spacial score (nSPS) is 12.5. The van der Waals surface area contributed by atoms with Crippen LogP contribution in [0.3, 0.4) is 0 Å². The Morgan fingerprint density at radius 3 is 2.39 bits per heavy atom. The molecule has 0 atom stereocenters. The van der Waals surface area contributed by atoms with Gasteiger partial charge in [-0.15, -0.1) is 0 Å². The van der Waals surface area contributed by atoms with E-state index in [1.807, 2.05) is 20.8 Å². The minimum absolute atomic E-state index is 0.230. The highest BCUT2D eigenvalue weighted by atomic mass is 35.5. The van der Waals surface area contributed by atoms with Crippen LogP contribution in [0.25, 0.3) is 6.08 Å². The molecule has 2 N–H and O–H groups in total. The van der Waals surface area contributed by atoms with Gasteiger partial charge >= 0.3 is 6.09 Å².